The molecule has 1 saturated carbocycles. The Morgan fingerprint density at radius 3 is 2.62 bits per heavy atom. The van der Waals surface area contributed by atoms with Crippen molar-refractivity contribution in [2.45, 2.75) is 50.6 Å². The summed E-state index contributed by atoms with van der Waals surface area (Å²) in [6.45, 7) is 5.34. The summed E-state index contributed by atoms with van der Waals surface area (Å²) < 4.78 is 27.0. The quantitative estimate of drug-likeness (QED) is 0.803. The third kappa shape index (κ3) is 4.28. The van der Waals surface area contributed by atoms with E-state index < -0.39 is 10.0 Å². The molecule has 118 valence electrons. The van der Waals surface area contributed by atoms with Crippen molar-refractivity contribution in [1.29, 1.82) is 0 Å². The molecule has 4 nitrogen and oxygen atoms in total. The summed E-state index contributed by atoms with van der Waals surface area (Å²) in [5.41, 5.74) is 0.861. The van der Waals surface area contributed by atoms with E-state index in [1.165, 1.54) is 17.1 Å². The summed E-state index contributed by atoms with van der Waals surface area (Å²) in [4.78, 5) is 0.434. The molecule has 1 aromatic carbocycles. The van der Waals surface area contributed by atoms with Crippen molar-refractivity contribution in [2.75, 3.05) is 13.6 Å². The van der Waals surface area contributed by atoms with Crippen molar-refractivity contribution < 1.29 is 8.42 Å². The van der Waals surface area contributed by atoms with Crippen molar-refractivity contribution in [3.05, 3.63) is 29.8 Å². The molecule has 0 spiro atoms. The van der Waals surface area contributed by atoms with Gasteiger partial charge in [-0.2, -0.15) is 0 Å². The summed E-state index contributed by atoms with van der Waals surface area (Å²) in [6.07, 6.45) is 3.37. The first kappa shape index (κ1) is 16.5. The number of hydrogen-bond acceptors (Lipinski definition) is 3. The van der Waals surface area contributed by atoms with Crippen LogP contribution in [0.3, 0.4) is 0 Å². The highest BCUT2D eigenvalue weighted by Gasteiger charge is 2.26. The normalized spacial score (nSPS) is 17.1. The Morgan fingerprint density at radius 2 is 2.00 bits per heavy atom. The maximum Gasteiger partial charge on any atom is 0.243 e. The summed E-state index contributed by atoms with van der Waals surface area (Å²) in [6, 6.07) is 7.88. The number of sulfonamides is 1. The van der Waals surface area contributed by atoms with Gasteiger partial charge in [0.2, 0.25) is 10.0 Å². The molecule has 0 aromatic heterocycles. The number of hydrogen-bond donors (Lipinski definition) is 1. The van der Waals surface area contributed by atoms with Gasteiger partial charge in [0.05, 0.1) is 4.90 Å². The third-order valence-electron chi connectivity index (χ3n) is 4.09. The molecule has 1 N–H and O–H groups in total. The molecule has 1 unspecified atom stereocenters. The Hall–Kier alpha value is -0.910. The molecule has 0 heterocycles. The van der Waals surface area contributed by atoms with E-state index in [9.17, 15) is 8.42 Å². The van der Waals surface area contributed by atoms with Gasteiger partial charge in [0.1, 0.15) is 0 Å². The largest absolute Gasteiger partial charge is 0.310 e. The lowest BCUT2D eigenvalue weighted by Gasteiger charge is -2.22. The van der Waals surface area contributed by atoms with Crippen molar-refractivity contribution in [3.63, 3.8) is 0 Å². The summed E-state index contributed by atoms with van der Waals surface area (Å²) in [5, 5.41) is 3.39. The molecule has 1 aliphatic carbocycles. The summed E-state index contributed by atoms with van der Waals surface area (Å²) >= 11 is 0. The second-order valence-corrected chi connectivity index (χ2v) is 8.08. The van der Waals surface area contributed by atoms with Gasteiger partial charge < -0.3 is 5.32 Å². The van der Waals surface area contributed by atoms with Crippen LogP contribution in [0.25, 0.3) is 0 Å². The van der Waals surface area contributed by atoms with Crippen molar-refractivity contribution in [2.24, 2.45) is 5.92 Å². The molecule has 1 aliphatic rings. The molecule has 0 aliphatic heterocycles. The van der Waals surface area contributed by atoms with Crippen LogP contribution >= 0.6 is 0 Å². The van der Waals surface area contributed by atoms with Crippen LogP contribution in [0.5, 0.6) is 0 Å². The average molecular weight is 310 g/mol. The lowest BCUT2D eigenvalue weighted by molar-refractivity contribution is 0.393. The molecular formula is C16H26N2O2S. The smallest absolute Gasteiger partial charge is 0.243 e. The predicted molar refractivity (Wildman–Crippen MR) is 85.6 cm³/mol. The Morgan fingerprint density at radius 1 is 1.33 bits per heavy atom. The van der Waals surface area contributed by atoms with Crippen LogP contribution in [0.2, 0.25) is 0 Å². The standard InChI is InChI=1S/C16H26N2O2S/c1-4-13(2)12-18(3)21(19,20)16-8-6-5-7-14(16)11-17-15-9-10-15/h5-8,13,15,17H,4,9-12H2,1-3H3. The highest BCUT2D eigenvalue weighted by molar-refractivity contribution is 7.89. The van der Waals surface area contributed by atoms with E-state index in [1.807, 2.05) is 12.1 Å². The van der Waals surface area contributed by atoms with Crippen molar-refractivity contribution in [3.8, 4) is 0 Å². The highest BCUT2D eigenvalue weighted by Crippen LogP contribution is 2.23. The van der Waals surface area contributed by atoms with Crippen LogP contribution in [0, 0.1) is 5.92 Å². The van der Waals surface area contributed by atoms with Crippen LogP contribution in [-0.4, -0.2) is 32.4 Å². The minimum atomic E-state index is -3.41. The summed E-state index contributed by atoms with van der Waals surface area (Å²) in [5.74, 6) is 0.363. The number of benzene rings is 1. The molecule has 21 heavy (non-hydrogen) atoms. The third-order valence-corrected chi connectivity index (χ3v) is 6.01. The molecule has 0 radical (unpaired) electrons. The SMILES string of the molecule is CCC(C)CN(C)S(=O)(=O)c1ccccc1CNC1CC1. The second kappa shape index (κ2) is 6.90. The summed E-state index contributed by atoms with van der Waals surface area (Å²) in [7, 11) is -1.74. The van der Waals surface area contributed by atoms with Crippen molar-refractivity contribution >= 4 is 10.0 Å². The minimum Gasteiger partial charge on any atom is -0.310 e. The maximum absolute atomic E-state index is 12.8. The number of nitrogens with one attached hydrogen (secondary N) is 1. The second-order valence-electron chi connectivity index (χ2n) is 6.06. The molecule has 2 rings (SSSR count). The zero-order chi connectivity index (χ0) is 15.5. The molecule has 1 fully saturated rings. The van der Waals surface area contributed by atoms with Gasteiger partial charge in [-0.1, -0.05) is 38.5 Å². The Kier molecular flexibility index (Phi) is 5.41. The van der Waals surface area contributed by atoms with E-state index in [0.717, 1.165) is 12.0 Å². The highest BCUT2D eigenvalue weighted by atomic mass is 32.2. The number of nitrogens with zero attached hydrogens (tertiary/aromatic N) is 1. The average Bonchev–Trinajstić information content (AvgIpc) is 3.29. The van der Waals surface area contributed by atoms with Crippen LogP contribution < -0.4 is 5.32 Å². The first-order valence-electron chi connectivity index (χ1n) is 7.72. The Bertz CT molecular complexity index is 567. The fourth-order valence-corrected chi connectivity index (χ4v) is 3.79. The van der Waals surface area contributed by atoms with E-state index in [0.29, 0.717) is 29.9 Å². The molecule has 5 heteroatoms. The predicted octanol–water partition coefficient (Wildman–Crippen LogP) is 2.61. The van der Waals surface area contributed by atoms with Gasteiger partial charge in [-0.05, 0) is 30.4 Å². The molecule has 0 saturated heterocycles. The van der Waals surface area contributed by atoms with Gasteiger partial charge in [-0.15, -0.1) is 0 Å². The van der Waals surface area contributed by atoms with Gasteiger partial charge in [0, 0.05) is 26.2 Å². The molecule has 1 aromatic rings. The van der Waals surface area contributed by atoms with E-state index in [4.69, 9.17) is 0 Å². The van der Waals surface area contributed by atoms with E-state index in [2.05, 4.69) is 19.2 Å². The van der Waals surface area contributed by atoms with Gasteiger partial charge in [0.25, 0.3) is 0 Å². The fourth-order valence-electron chi connectivity index (χ4n) is 2.28. The van der Waals surface area contributed by atoms with Crippen LogP contribution in [0.1, 0.15) is 38.7 Å². The maximum atomic E-state index is 12.8. The van der Waals surface area contributed by atoms with Crippen molar-refractivity contribution in [1.82, 2.24) is 9.62 Å². The first-order chi connectivity index (χ1) is 9.95. The van der Waals surface area contributed by atoms with Gasteiger partial charge in [-0.25, -0.2) is 12.7 Å². The fraction of sp³-hybridized carbons (Fsp3) is 0.625. The lowest BCUT2D eigenvalue weighted by Crippen LogP contribution is -2.32. The van der Waals surface area contributed by atoms with Crippen LogP contribution in [0.4, 0.5) is 0 Å². The first-order valence-corrected chi connectivity index (χ1v) is 9.16. The zero-order valence-corrected chi connectivity index (χ0v) is 14.0. The van der Waals surface area contributed by atoms with E-state index >= 15 is 0 Å². The van der Waals surface area contributed by atoms with Crippen LogP contribution in [-0.2, 0) is 16.6 Å². The van der Waals surface area contributed by atoms with Gasteiger partial charge >= 0.3 is 0 Å². The van der Waals surface area contributed by atoms with E-state index in [1.54, 1.807) is 19.2 Å². The topological polar surface area (TPSA) is 49.4 Å². The molecular weight excluding hydrogens is 284 g/mol. The Balaban J connectivity index is 2.17. The molecule has 0 bridgehead atoms. The van der Waals surface area contributed by atoms with Gasteiger partial charge in [0.15, 0.2) is 0 Å². The Labute approximate surface area is 128 Å². The monoisotopic (exact) mass is 310 g/mol. The number of rotatable bonds is 8. The van der Waals surface area contributed by atoms with Crippen LogP contribution in [0.15, 0.2) is 29.2 Å². The van der Waals surface area contributed by atoms with Gasteiger partial charge in [-0.3, -0.25) is 0 Å². The zero-order valence-electron chi connectivity index (χ0n) is 13.2. The molecule has 0 amide bonds. The molecule has 1 atom stereocenters. The van der Waals surface area contributed by atoms with E-state index in [-0.39, 0.29) is 0 Å². The lowest BCUT2D eigenvalue weighted by atomic mass is 10.1. The minimum absolute atomic E-state index is 0.363.